The van der Waals surface area contributed by atoms with Crippen molar-refractivity contribution in [1.29, 1.82) is 0 Å². The van der Waals surface area contributed by atoms with Gasteiger partial charge in [-0.2, -0.15) is 0 Å². The second kappa shape index (κ2) is 5.88. The van der Waals surface area contributed by atoms with E-state index in [1.807, 2.05) is 12.1 Å². The summed E-state index contributed by atoms with van der Waals surface area (Å²) in [5, 5.41) is 0. The summed E-state index contributed by atoms with van der Waals surface area (Å²) in [6, 6.07) is 13.9. The maximum Gasteiger partial charge on any atom is 0.264 e. The Morgan fingerprint density at radius 3 is 2.04 bits per heavy atom. The van der Waals surface area contributed by atoms with Crippen molar-refractivity contribution in [2.24, 2.45) is 0 Å². The van der Waals surface area contributed by atoms with Gasteiger partial charge < -0.3 is 4.90 Å². The van der Waals surface area contributed by atoms with Crippen LogP contribution in [0.5, 0.6) is 0 Å². The summed E-state index contributed by atoms with van der Waals surface area (Å²) in [4.78, 5) is 13.9. The van der Waals surface area contributed by atoms with Crippen molar-refractivity contribution in [3.63, 3.8) is 0 Å². The molecule has 25 heavy (non-hydrogen) atoms. The number of amides is 1. The first-order valence-electron chi connectivity index (χ1n) is 8.11. The van der Waals surface area contributed by atoms with Crippen molar-refractivity contribution in [3.05, 3.63) is 54.1 Å². The number of hydrogen-bond donors (Lipinski definition) is 0. The lowest BCUT2D eigenvalue weighted by Crippen LogP contribution is -2.46. The van der Waals surface area contributed by atoms with Crippen LogP contribution in [0.4, 0.5) is 11.4 Å². The second-order valence-electron chi connectivity index (χ2n) is 7.23. The molecule has 1 aliphatic heterocycles. The Labute approximate surface area is 148 Å². The third kappa shape index (κ3) is 3.02. The van der Waals surface area contributed by atoms with Crippen molar-refractivity contribution < 1.29 is 13.2 Å². The van der Waals surface area contributed by atoms with Crippen LogP contribution in [0.1, 0.15) is 26.3 Å². The van der Waals surface area contributed by atoms with Crippen LogP contribution < -0.4 is 9.21 Å². The van der Waals surface area contributed by atoms with Gasteiger partial charge in [-0.25, -0.2) is 8.42 Å². The fraction of sp³-hybridized carbons (Fsp3) is 0.316. The predicted octanol–water partition coefficient (Wildman–Crippen LogP) is 3.16. The van der Waals surface area contributed by atoms with E-state index in [1.54, 1.807) is 43.4 Å². The Kier molecular flexibility index (Phi) is 4.11. The number of benzene rings is 2. The maximum atomic E-state index is 13.1. The SMILES string of the molecule is CN1C(=O)CN(S(=O)(=O)c2ccc(C(C)(C)C)cc2)c2ccccc21. The smallest absolute Gasteiger partial charge is 0.264 e. The molecule has 132 valence electrons. The molecule has 2 aromatic rings. The van der Waals surface area contributed by atoms with Crippen LogP contribution in [0.3, 0.4) is 0 Å². The molecule has 1 aliphatic rings. The minimum atomic E-state index is -3.81. The van der Waals surface area contributed by atoms with E-state index in [-0.39, 0.29) is 22.8 Å². The zero-order valence-electron chi connectivity index (χ0n) is 14.9. The molecule has 3 rings (SSSR count). The molecule has 0 aliphatic carbocycles. The quantitative estimate of drug-likeness (QED) is 0.829. The summed E-state index contributed by atoms with van der Waals surface area (Å²) in [7, 11) is -2.15. The van der Waals surface area contributed by atoms with E-state index in [4.69, 9.17) is 0 Å². The number of sulfonamides is 1. The third-order valence-electron chi connectivity index (χ3n) is 4.47. The molecule has 1 amide bonds. The highest BCUT2D eigenvalue weighted by Crippen LogP contribution is 2.36. The van der Waals surface area contributed by atoms with Gasteiger partial charge in [0.25, 0.3) is 10.0 Å². The van der Waals surface area contributed by atoms with E-state index < -0.39 is 10.0 Å². The number of fused-ring (bicyclic) bond motifs is 1. The fourth-order valence-electron chi connectivity index (χ4n) is 2.88. The van der Waals surface area contributed by atoms with Gasteiger partial charge in [0.1, 0.15) is 6.54 Å². The fourth-order valence-corrected chi connectivity index (χ4v) is 4.30. The van der Waals surface area contributed by atoms with Gasteiger partial charge in [0.05, 0.1) is 16.3 Å². The summed E-state index contributed by atoms with van der Waals surface area (Å²) in [6.45, 7) is 6.03. The third-order valence-corrected chi connectivity index (χ3v) is 6.25. The summed E-state index contributed by atoms with van der Waals surface area (Å²) < 4.78 is 27.4. The van der Waals surface area contributed by atoms with Gasteiger partial charge in [0.2, 0.25) is 5.91 Å². The van der Waals surface area contributed by atoms with Crippen molar-refractivity contribution in [3.8, 4) is 0 Å². The zero-order valence-corrected chi connectivity index (χ0v) is 15.7. The number of carbonyl (C=O) groups excluding carboxylic acids is 1. The van der Waals surface area contributed by atoms with E-state index in [0.717, 1.165) is 5.56 Å². The number of nitrogens with zero attached hydrogens (tertiary/aromatic N) is 2. The average Bonchev–Trinajstić information content (AvgIpc) is 2.57. The van der Waals surface area contributed by atoms with Crippen molar-refractivity contribution in [2.45, 2.75) is 31.1 Å². The largest absolute Gasteiger partial charge is 0.312 e. The lowest BCUT2D eigenvalue weighted by molar-refractivity contribution is -0.117. The maximum absolute atomic E-state index is 13.1. The number of anilines is 2. The molecule has 0 spiro atoms. The number of para-hydroxylation sites is 2. The topological polar surface area (TPSA) is 57.7 Å². The molecule has 0 saturated carbocycles. The van der Waals surface area contributed by atoms with Crippen LogP contribution in [-0.2, 0) is 20.2 Å². The lowest BCUT2D eigenvalue weighted by atomic mass is 9.87. The minimum Gasteiger partial charge on any atom is -0.312 e. The summed E-state index contributed by atoms with van der Waals surface area (Å²) in [5.41, 5.74) is 2.11. The van der Waals surface area contributed by atoms with Gasteiger partial charge in [0, 0.05) is 7.05 Å². The average molecular weight is 358 g/mol. The van der Waals surface area contributed by atoms with Gasteiger partial charge in [-0.15, -0.1) is 0 Å². The highest BCUT2D eigenvalue weighted by molar-refractivity contribution is 7.92. The van der Waals surface area contributed by atoms with Gasteiger partial charge in [-0.1, -0.05) is 45.0 Å². The van der Waals surface area contributed by atoms with Crippen LogP contribution in [-0.4, -0.2) is 27.9 Å². The Hall–Kier alpha value is -2.34. The standard InChI is InChI=1S/C19H22N2O3S/c1-19(2,3)14-9-11-15(12-10-14)25(23,24)21-13-18(22)20(4)16-7-5-6-8-17(16)21/h5-12H,13H2,1-4H3. The normalized spacial score (nSPS) is 15.3. The number of hydrogen-bond acceptors (Lipinski definition) is 3. The Balaban J connectivity index is 2.06. The first-order chi connectivity index (χ1) is 11.6. The van der Waals surface area contributed by atoms with E-state index in [2.05, 4.69) is 20.8 Å². The van der Waals surface area contributed by atoms with E-state index in [1.165, 1.54) is 9.21 Å². The molecule has 0 aromatic heterocycles. The Morgan fingerprint density at radius 1 is 0.920 bits per heavy atom. The van der Waals surface area contributed by atoms with Crippen molar-refractivity contribution >= 4 is 27.3 Å². The Bertz CT molecular complexity index is 912. The summed E-state index contributed by atoms with van der Waals surface area (Å²) in [6.07, 6.45) is 0. The summed E-state index contributed by atoms with van der Waals surface area (Å²) in [5.74, 6) is -0.256. The van der Waals surface area contributed by atoms with E-state index in [9.17, 15) is 13.2 Å². The molecule has 0 bridgehead atoms. The van der Waals surface area contributed by atoms with Gasteiger partial charge in [-0.3, -0.25) is 9.10 Å². The number of likely N-dealkylation sites (N-methyl/N-ethyl adjacent to an activating group) is 1. The van der Waals surface area contributed by atoms with Crippen LogP contribution in [0.2, 0.25) is 0 Å². The molecule has 1 heterocycles. The molecule has 0 atom stereocenters. The Morgan fingerprint density at radius 2 is 1.48 bits per heavy atom. The molecular formula is C19H22N2O3S. The van der Waals surface area contributed by atoms with Crippen LogP contribution in [0.15, 0.2) is 53.4 Å². The van der Waals surface area contributed by atoms with Crippen LogP contribution in [0, 0.1) is 0 Å². The molecule has 5 nitrogen and oxygen atoms in total. The lowest BCUT2D eigenvalue weighted by Gasteiger charge is -2.34. The van der Waals surface area contributed by atoms with Crippen molar-refractivity contribution in [2.75, 3.05) is 22.8 Å². The first kappa shape index (κ1) is 17.5. The monoisotopic (exact) mass is 358 g/mol. The van der Waals surface area contributed by atoms with Crippen LogP contribution in [0.25, 0.3) is 0 Å². The number of carbonyl (C=O) groups is 1. The molecule has 0 radical (unpaired) electrons. The molecule has 0 saturated heterocycles. The zero-order chi connectivity index (χ0) is 18.4. The van der Waals surface area contributed by atoms with Crippen LogP contribution >= 0.6 is 0 Å². The first-order valence-corrected chi connectivity index (χ1v) is 9.55. The second-order valence-corrected chi connectivity index (χ2v) is 9.09. The molecule has 0 unspecified atom stereocenters. The van der Waals surface area contributed by atoms with Gasteiger partial charge in [0.15, 0.2) is 0 Å². The van der Waals surface area contributed by atoms with E-state index in [0.29, 0.717) is 11.4 Å². The molecule has 0 N–H and O–H groups in total. The van der Waals surface area contributed by atoms with Crippen molar-refractivity contribution in [1.82, 2.24) is 0 Å². The van der Waals surface area contributed by atoms with Gasteiger partial charge in [-0.05, 0) is 35.2 Å². The molecular weight excluding hydrogens is 336 g/mol. The summed E-state index contributed by atoms with van der Waals surface area (Å²) >= 11 is 0. The highest BCUT2D eigenvalue weighted by Gasteiger charge is 2.35. The van der Waals surface area contributed by atoms with E-state index >= 15 is 0 Å². The molecule has 2 aromatic carbocycles. The molecule has 6 heteroatoms. The molecule has 0 fully saturated rings. The van der Waals surface area contributed by atoms with Gasteiger partial charge >= 0.3 is 0 Å². The predicted molar refractivity (Wildman–Crippen MR) is 99.5 cm³/mol. The highest BCUT2D eigenvalue weighted by atomic mass is 32.2. The minimum absolute atomic E-state index is 0.0569. The number of rotatable bonds is 2.